The molecule has 0 aliphatic heterocycles. The Balaban J connectivity index is 2.12. The molecule has 0 atom stereocenters. The zero-order valence-corrected chi connectivity index (χ0v) is 13.1. The molecule has 0 saturated carbocycles. The topological polar surface area (TPSA) is 76.1 Å². The van der Waals surface area contributed by atoms with Crippen LogP contribution in [0.25, 0.3) is 0 Å². The number of nitrogens with zero attached hydrogens (tertiary/aromatic N) is 2. The van der Waals surface area contributed by atoms with Crippen molar-refractivity contribution in [3.05, 3.63) is 35.9 Å². The largest absolute Gasteiger partial charge is 0.444 e. The number of carbonyl (C=O) groups is 1. The highest BCUT2D eigenvalue weighted by Crippen LogP contribution is 2.06. The fraction of sp³-hybridized carbons (Fsp3) is 0.533. The van der Waals surface area contributed by atoms with Gasteiger partial charge >= 0.3 is 6.09 Å². The molecule has 0 bridgehead atoms. The molecule has 1 aromatic heterocycles. The molecule has 2 N–H and O–H groups in total. The van der Waals surface area contributed by atoms with Crippen LogP contribution in [0.2, 0.25) is 0 Å². The Morgan fingerprint density at radius 3 is 2.71 bits per heavy atom. The molecule has 6 nitrogen and oxygen atoms in total. The molecular formula is C15H24N4O2. The summed E-state index contributed by atoms with van der Waals surface area (Å²) in [7, 11) is 0. The van der Waals surface area contributed by atoms with E-state index in [9.17, 15) is 4.79 Å². The zero-order valence-electron chi connectivity index (χ0n) is 13.1. The van der Waals surface area contributed by atoms with E-state index >= 15 is 0 Å². The van der Waals surface area contributed by atoms with Crippen LogP contribution in [-0.4, -0.2) is 34.8 Å². The highest BCUT2D eigenvalue weighted by Gasteiger charge is 2.14. The van der Waals surface area contributed by atoms with Crippen molar-refractivity contribution in [2.75, 3.05) is 13.1 Å². The van der Waals surface area contributed by atoms with E-state index < -0.39 is 11.7 Å². The zero-order chi connectivity index (χ0) is 15.7. The van der Waals surface area contributed by atoms with Gasteiger partial charge in [0, 0.05) is 25.8 Å². The molecule has 21 heavy (non-hydrogen) atoms. The first-order chi connectivity index (χ1) is 9.87. The van der Waals surface area contributed by atoms with E-state index in [-0.39, 0.29) is 0 Å². The van der Waals surface area contributed by atoms with E-state index in [4.69, 9.17) is 4.74 Å². The van der Waals surface area contributed by atoms with Crippen LogP contribution in [0.15, 0.2) is 24.4 Å². The number of carbonyl (C=O) groups excluding carboxylic acids is 1. The summed E-state index contributed by atoms with van der Waals surface area (Å²) in [6.07, 6.45) is 5.17. The molecule has 1 heterocycles. The van der Waals surface area contributed by atoms with Gasteiger partial charge in [-0.15, -0.1) is 0 Å². The fourth-order valence-electron chi connectivity index (χ4n) is 1.51. The quantitative estimate of drug-likeness (QED) is 0.619. The number of hydrogen-bond acceptors (Lipinski definition) is 5. The van der Waals surface area contributed by atoms with Gasteiger partial charge in [-0.25, -0.2) is 14.8 Å². The molecule has 0 unspecified atom stereocenters. The van der Waals surface area contributed by atoms with Gasteiger partial charge in [-0.1, -0.05) is 12.2 Å². The molecule has 1 amide bonds. The molecule has 0 aromatic carbocycles. The molecule has 0 radical (unpaired) electrons. The average molecular weight is 292 g/mol. The third-order valence-electron chi connectivity index (χ3n) is 2.33. The third-order valence-corrected chi connectivity index (χ3v) is 2.33. The number of alkyl carbamates (subject to hydrolysis) is 1. The Kier molecular flexibility index (Phi) is 6.81. The van der Waals surface area contributed by atoms with Crippen molar-refractivity contribution < 1.29 is 9.53 Å². The van der Waals surface area contributed by atoms with Gasteiger partial charge in [-0.2, -0.15) is 0 Å². The molecule has 0 saturated heterocycles. The highest BCUT2D eigenvalue weighted by molar-refractivity contribution is 5.67. The lowest BCUT2D eigenvalue weighted by molar-refractivity contribution is 0.0534. The number of ether oxygens (including phenoxy) is 1. The van der Waals surface area contributed by atoms with Crippen LogP contribution in [0, 0.1) is 6.92 Å². The van der Waals surface area contributed by atoms with Crippen molar-refractivity contribution >= 4 is 6.09 Å². The summed E-state index contributed by atoms with van der Waals surface area (Å²) in [6, 6.07) is 1.88. The van der Waals surface area contributed by atoms with Crippen LogP contribution < -0.4 is 10.6 Å². The monoisotopic (exact) mass is 292 g/mol. The van der Waals surface area contributed by atoms with Crippen LogP contribution in [0.5, 0.6) is 0 Å². The Hall–Kier alpha value is -1.95. The first-order valence-corrected chi connectivity index (χ1v) is 6.98. The first-order valence-electron chi connectivity index (χ1n) is 6.98. The Morgan fingerprint density at radius 1 is 1.33 bits per heavy atom. The number of rotatable bonds is 6. The van der Waals surface area contributed by atoms with Crippen molar-refractivity contribution in [1.29, 1.82) is 0 Å². The minimum Gasteiger partial charge on any atom is -0.444 e. The molecule has 116 valence electrons. The van der Waals surface area contributed by atoms with Crippen molar-refractivity contribution in [2.24, 2.45) is 0 Å². The number of amides is 1. The summed E-state index contributed by atoms with van der Waals surface area (Å²) in [5, 5.41) is 5.89. The maximum atomic E-state index is 11.4. The standard InChI is InChI=1S/C15H24N4O2/c1-12-17-10-7-13(19-12)11-16-8-5-6-9-18-14(20)21-15(2,3)4/h5-7,10,16H,8-9,11H2,1-4H3,(H,18,20)/b6-5+. The van der Waals surface area contributed by atoms with Gasteiger partial charge < -0.3 is 15.4 Å². The summed E-state index contributed by atoms with van der Waals surface area (Å²) in [6.45, 7) is 9.21. The van der Waals surface area contributed by atoms with Gasteiger partial charge in [-0.05, 0) is 33.8 Å². The molecule has 1 rings (SSSR count). The number of nitrogens with one attached hydrogen (secondary N) is 2. The van der Waals surface area contributed by atoms with Crippen molar-refractivity contribution in [2.45, 2.75) is 39.8 Å². The second-order valence-electron chi connectivity index (χ2n) is 5.58. The van der Waals surface area contributed by atoms with Gasteiger partial charge in [0.25, 0.3) is 0 Å². The molecule has 6 heteroatoms. The van der Waals surface area contributed by atoms with E-state index in [0.717, 1.165) is 11.5 Å². The van der Waals surface area contributed by atoms with E-state index in [1.165, 1.54) is 0 Å². The molecule has 0 aliphatic rings. The number of aromatic nitrogens is 2. The lowest BCUT2D eigenvalue weighted by Crippen LogP contribution is -2.32. The first kappa shape index (κ1) is 17.1. The SMILES string of the molecule is Cc1nccc(CNC/C=C/CNC(=O)OC(C)(C)C)n1. The predicted octanol–water partition coefficient (Wildman–Crippen LogP) is 1.96. The van der Waals surface area contributed by atoms with Gasteiger partial charge in [0.1, 0.15) is 11.4 Å². The lowest BCUT2D eigenvalue weighted by atomic mass is 10.2. The maximum absolute atomic E-state index is 11.4. The summed E-state index contributed by atoms with van der Waals surface area (Å²) >= 11 is 0. The predicted molar refractivity (Wildman–Crippen MR) is 81.9 cm³/mol. The maximum Gasteiger partial charge on any atom is 0.407 e. The van der Waals surface area contributed by atoms with Crippen molar-refractivity contribution in [3.63, 3.8) is 0 Å². The summed E-state index contributed by atoms with van der Waals surface area (Å²) in [4.78, 5) is 19.7. The van der Waals surface area contributed by atoms with E-state index in [2.05, 4.69) is 20.6 Å². The van der Waals surface area contributed by atoms with E-state index in [1.807, 2.05) is 45.9 Å². The molecule has 0 fully saturated rings. The fourth-order valence-corrected chi connectivity index (χ4v) is 1.51. The van der Waals surface area contributed by atoms with E-state index in [0.29, 0.717) is 19.6 Å². The van der Waals surface area contributed by atoms with Gasteiger partial charge in [0.15, 0.2) is 0 Å². The van der Waals surface area contributed by atoms with Gasteiger partial charge in [0.2, 0.25) is 0 Å². The van der Waals surface area contributed by atoms with Crippen molar-refractivity contribution in [1.82, 2.24) is 20.6 Å². The highest BCUT2D eigenvalue weighted by atomic mass is 16.6. The normalized spacial score (nSPS) is 11.6. The van der Waals surface area contributed by atoms with Gasteiger partial charge in [-0.3, -0.25) is 0 Å². The smallest absolute Gasteiger partial charge is 0.407 e. The molecule has 0 spiro atoms. The second kappa shape index (κ2) is 8.36. The molecular weight excluding hydrogens is 268 g/mol. The van der Waals surface area contributed by atoms with Crippen LogP contribution >= 0.6 is 0 Å². The summed E-state index contributed by atoms with van der Waals surface area (Å²) in [5.41, 5.74) is 0.494. The van der Waals surface area contributed by atoms with Crippen molar-refractivity contribution in [3.8, 4) is 0 Å². The lowest BCUT2D eigenvalue weighted by Gasteiger charge is -2.19. The Morgan fingerprint density at radius 2 is 2.05 bits per heavy atom. The summed E-state index contributed by atoms with van der Waals surface area (Å²) < 4.78 is 5.12. The minimum atomic E-state index is -0.467. The van der Waals surface area contributed by atoms with Crippen LogP contribution in [0.1, 0.15) is 32.3 Å². The number of hydrogen-bond donors (Lipinski definition) is 2. The third kappa shape index (κ3) is 8.75. The number of aryl methyl sites for hydroxylation is 1. The van der Waals surface area contributed by atoms with Crippen LogP contribution in [0.4, 0.5) is 4.79 Å². The van der Waals surface area contributed by atoms with Gasteiger partial charge in [0.05, 0.1) is 5.69 Å². The van der Waals surface area contributed by atoms with Crippen LogP contribution in [0.3, 0.4) is 0 Å². The minimum absolute atomic E-state index is 0.406. The molecule has 0 aliphatic carbocycles. The Bertz CT molecular complexity index is 481. The molecule has 1 aromatic rings. The van der Waals surface area contributed by atoms with E-state index in [1.54, 1.807) is 6.20 Å². The second-order valence-corrected chi connectivity index (χ2v) is 5.58. The average Bonchev–Trinajstić information content (AvgIpc) is 2.35. The summed E-state index contributed by atoms with van der Waals surface area (Å²) in [5.74, 6) is 0.770. The van der Waals surface area contributed by atoms with Crippen LogP contribution in [-0.2, 0) is 11.3 Å². The Labute approximate surface area is 126 Å².